The van der Waals surface area contributed by atoms with Crippen LogP contribution >= 0.6 is 23.8 Å². The van der Waals surface area contributed by atoms with Crippen molar-refractivity contribution in [3.8, 4) is 0 Å². The number of anilines is 1. The number of carbonyl (C=O) groups is 1. The van der Waals surface area contributed by atoms with E-state index in [1.807, 2.05) is 0 Å². The number of hydrogen-bond acceptors (Lipinski definition) is 2. The third-order valence-corrected chi connectivity index (χ3v) is 4.67. The van der Waals surface area contributed by atoms with Gasteiger partial charge in [-0.3, -0.25) is 4.79 Å². The minimum atomic E-state index is -0.877. The van der Waals surface area contributed by atoms with Crippen molar-refractivity contribution in [3.63, 3.8) is 0 Å². The minimum Gasteiger partial charge on any atom is -0.392 e. The van der Waals surface area contributed by atoms with Crippen molar-refractivity contribution < 1.29 is 9.18 Å². The van der Waals surface area contributed by atoms with Crippen LogP contribution in [-0.4, -0.2) is 10.9 Å². The second kappa shape index (κ2) is 6.71. The van der Waals surface area contributed by atoms with Gasteiger partial charge in [0.25, 0.3) is 0 Å². The predicted octanol–water partition coefficient (Wildman–Crippen LogP) is 4.04. The van der Waals surface area contributed by atoms with E-state index in [9.17, 15) is 9.18 Å². The highest BCUT2D eigenvalue weighted by molar-refractivity contribution is 7.80. The molecule has 3 nitrogen and oxygen atoms in total. The number of nitrogens with one attached hydrogen (secondary N) is 1. The van der Waals surface area contributed by atoms with Crippen LogP contribution in [-0.2, 0) is 4.79 Å². The lowest BCUT2D eigenvalue weighted by molar-refractivity contribution is -0.122. The molecular weight excluding hydrogens is 311 g/mol. The zero-order chi connectivity index (χ0) is 15.5. The quantitative estimate of drug-likeness (QED) is 0.650. The third kappa shape index (κ3) is 3.52. The van der Waals surface area contributed by atoms with E-state index in [0.717, 1.165) is 31.7 Å². The summed E-state index contributed by atoms with van der Waals surface area (Å²) in [6.07, 6.45) is 5.15. The maximum absolute atomic E-state index is 13.8. The Morgan fingerprint density at radius 1 is 1.29 bits per heavy atom. The summed E-state index contributed by atoms with van der Waals surface area (Å²) in [5, 5.41) is 2.90. The van der Waals surface area contributed by atoms with Gasteiger partial charge in [0, 0.05) is 5.02 Å². The highest BCUT2D eigenvalue weighted by atomic mass is 35.5. The second-order valence-corrected chi connectivity index (χ2v) is 6.32. The molecule has 21 heavy (non-hydrogen) atoms. The van der Waals surface area contributed by atoms with Gasteiger partial charge in [-0.1, -0.05) is 49.5 Å². The molecule has 1 aliphatic carbocycles. The molecule has 114 valence electrons. The van der Waals surface area contributed by atoms with Gasteiger partial charge in [-0.15, -0.1) is 0 Å². The Labute approximate surface area is 134 Å². The van der Waals surface area contributed by atoms with Gasteiger partial charge in [0.05, 0.1) is 16.1 Å². The second-order valence-electron chi connectivity index (χ2n) is 5.44. The van der Waals surface area contributed by atoms with Crippen molar-refractivity contribution in [1.82, 2.24) is 0 Å². The summed E-state index contributed by atoms with van der Waals surface area (Å²) in [6, 6.07) is 4.14. The number of thiocarbonyl (C=S) groups is 1. The fraction of sp³-hybridized carbons (Fsp3) is 0.467. The maximum atomic E-state index is 13.8. The summed E-state index contributed by atoms with van der Waals surface area (Å²) in [7, 11) is 0. The van der Waals surface area contributed by atoms with Gasteiger partial charge in [-0.2, -0.15) is 0 Å². The molecule has 1 aliphatic rings. The molecule has 0 bridgehead atoms. The molecule has 0 saturated heterocycles. The largest absolute Gasteiger partial charge is 0.392 e. The molecular formula is C15H18ClFN2OS. The molecule has 1 aromatic rings. The van der Waals surface area contributed by atoms with Crippen LogP contribution in [0.25, 0.3) is 0 Å². The van der Waals surface area contributed by atoms with Gasteiger partial charge in [0.2, 0.25) is 5.91 Å². The smallest absolute Gasteiger partial charge is 0.237 e. The molecule has 0 atom stereocenters. The predicted molar refractivity (Wildman–Crippen MR) is 87.0 cm³/mol. The third-order valence-electron chi connectivity index (χ3n) is 4.04. The number of amides is 1. The zero-order valence-electron chi connectivity index (χ0n) is 11.6. The van der Waals surface area contributed by atoms with Crippen molar-refractivity contribution in [3.05, 3.63) is 29.0 Å². The van der Waals surface area contributed by atoms with Crippen molar-refractivity contribution in [2.24, 2.45) is 11.1 Å². The van der Waals surface area contributed by atoms with E-state index in [-0.39, 0.29) is 21.6 Å². The van der Waals surface area contributed by atoms with Gasteiger partial charge in [-0.25, -0.2) is 4.39 Å². The van der Waals surface area contributed by atoms with E-state index in [2.05, 4.69) is 5.32 Å². The first kappa shape index (κ1) is 16.2. The van der Waals surface area contributed by atoms with Gasteiger partial charge in [0.1, 0.15) is 5.82 Å². The van der Waals surface area contributed by atoms with Crippen LogP contribution in [0, 0.1) is 11.2 Å². The summed E-state index contributed by atoms with van der Waals surface area (Å²) in [4.78, 5) is 12.8. The fourth-order valence-corrected chi connectivity index (χ4v) is 3.21. The van der Waals surface area contributed by atoms with Crippen molar-refractivity contribution in [2.75, 3.05) is 5.32 Å². The average Bonchev–Trinajstić information content (AvgIpc) is 2.68. The van der Waals surface area contributed by atoms with Crippen molar-refractivity contribution in [1.29, 1.82) is 0 Å². The fourth-order valence-electron chi connectivity index (χ4n) is 2.75. The van der Waals surface area contributed by atoms with Crippen molar-refractivity contribution in [2.45, 2.75) is 38.5 Å². The van der Waals surface area contributed by atoms with Crippen LogP contribution in [0.4, 0.5) is 10.1 Å². The van der Waals surface area contributed by atoms with E-state index < -0.39 is 11.2 Å². The SMILES string of the molecule is NC(=S)C1(C(=O)Nc2ccc(Cl)cc2F)CCCCCC1. The number of benzene rings is 1. The molecule has 0 spiro atoms. The number of carbonyl (C=O) groups excluding carboxylic acids is 1. The number of rotatable bonds is 3. The molecule has 3 N–H and O–H groups in total. The average molecular weight is 329 g/mol. The lowest BCUT2D eigenvalue weighted by atomic mass is 9.79. The summed E-state index contributed by atoms with van der Waals surface area (Å²) in [5.41, 5.74) is 5.07. The highest BCUT2D eigenvalue weighted by Gasteiger charge is 2.41. The van der Waals surface area contributed by atoms with E-state index in [4.69, 9.17) is 29.6 Å². The normalized spacial score (nSPS) is 17.8. The van der Waals surface area contributed by atoms with Gasteiger partial charge >= 0.3 is 0 Å². The van der Waals surface area contributed by atoms with Gasteiger partial charge in [-0.05, 0) is 31.0 Å². The van der Waals surface area contributed by atoms with Gasteiger partial charge < -0.3 is 11.1 Å². The van der Waals surface area contributed by atoms with Crippen LogP contribution in [0.3, 0.4) is 0 Å². The topological polar surface area (TPSA) is 55.1 Å². The van der Waals surface area contributed by atoms with Crippen LogP contribution in [0.2, 0.25) is 5.02 Å². The molecule has 0 radical (unpaired) electrons. The summed E-state index contributed by atoms with van der Waals surface area (Å²) < 4.78 is 13.8. The molecule has 0 aliphatic heterocycles. The molecule has 2 rings (SSSR count). The monoisotopic (exact) mass is 328 g/mol. The van der Waals surface area contributed by atoms with E-state index in [1.54, 1.807) is 0 Å². The van der Waals surface area contributed by atoms with Crippen LogP contribution in [0.15, 0.2) is 18.2 Å². The molecule has 1 fully saturated rings. The maximum Gasteiger partial charge on any atom is 0.237 e. The molecule has 6 heteroatoms. The lowest BCUT2D eigenvalue weighted by Crippen LogP contribution is -2.45. The van der Waals surface area contributed by atoms with Crippen LogP contribution < -0.4 is 11.1 Å². The molecule has 1 aromatic carbocycles. The molecule has 0 unspecified atom stereocenters. The Morgan fingerprint density at radius 2 is 1.90 bits per heavy atom. The molecule has 0 aromatic heterocycles. The summed E-state index contributed by atoms with van der Waals surface area (Å²) >= 11 is 10.8. The van der Waals surface area contributed by atoms with E-state index >= 15 is 0 Å². The minimum absolute atomic E-state index is 0.101. The summed E-state index contributed by atoms with van der Waals surface area (Å²) in [6.45, 7) is 0. The Bertz CT molecular complexity index is 557. The number of halogens is 2. The Morgan fingerprint density at radius 3 is 2.43 bits per heavy atom. The lowest BCUT2D eigenvalue weighted by Gasteiger charge is -2.30. The van der Waals surface area contributed by atoms with E-state index in [0.29, 0.717) is 12.8 Å². The highest BCUT2D eigenvalue weighted by Crippen LogP contribution is 2.37. The Kier molecular flexibility index (Phi) is 5.17. The first-order valence-corrected chi connectivity index (χ1v) is 7.81. The number of nitrogens with two attached hydrogens (primary N) is 1. The van der Waals surface area contributed by atoms with Crippen LogP contribution in [0.1, 0.15) is 38.5 Å². The zero-order valence-corrected chi connectivity index (χ0v) is 13.2. The molecule has 1 saturated carbocycles. The van der Waals surface area contributed by atoms with Crippen LogP contribution in [0.5, 0.6) is 0 Å². The molecule has 1 amide bonds. The van der Waals surface area contributed by atoms with Crippen molar-refractivity contribution >= 4 is 40.4 Å². The van der Waals surface area contributed by atoms with Gasteiger partial charge in [0.15, 0.2) is 0 Å². The molecule has 0 heterocycles. The standard InChI is InChI=1S/C15H18ClFN2OS/c16-10-5-6-12(11(17)9-10)19-14(20)15(13(18)21)7-3-1-2-4-8-15/h5-6,9H,1-4,7-8H2,(H2,18,21)(H,19,20). The summed E-state index contributed by atoms with van der Waals surface area (Å²) in [5.74, 6) is -0.888. The Balaban J connectivity index is 2.24. The first-order valence-electron chi connectivity index (χ1n) is 7.02. The number of hydrogen-bond donors (Lipinski definition) is 2. The first-order chi connectivity index (χ1) is 9.95. The Hall–Kier alpha value is -1.20. The van der Waals surface area contributed by atoms with E-state index in [1.165, 1.54) is 12.1 Å².